The molecular weight excluding hydrogens is 461 g/mol. The molecule has 0 saturated heterocycles. The Morgan fingerprint density at radius 3 is 2.24 bits per heavy atom. The first kappa shape index (κ1) is 24.1. The van der Waals surface area contributed by atoms with E-state index in [4.69, 9.17) is 33.2 Å². The highest BCUT2D eigenvalue weighted by Crippen LogP contribution is 2.26. The molecule has 33 heavy (non-hydrogen) atoms. The zero-order valence-electron chi connectivity index (χ0n) is 17.6. The number of nitrogens with one attached hydrogen (secondary N) is 2. The predicted molar refractivity (Wildman–Crippen MR) is 127 cm³/mol. The number of amides is 2. The lowest BCUT2D eigenvalue weighted by atomic mass is 10.0. The molecule has 0 aromatic heterocycles. The molecule has 0 aliphatic carbocycles. The Morgan fingerprint density at radius 2 is 1.61 bits per heavy atom. The molecule has 3 aromatic rings. The smallest absolute Gasteiger partial charge is 0.251 e. The van der Waals surface area contributed by atoms with Crippen molar-refractivity contribution in [1.82, 2.24) is 10.6 Å². The molecule has 0 fully saturated rings. The molecule has 3 aromatic carbocycles. The van der Waals surface area contributed by atoms with Gasteiger partial charge in [-0.15, -0.1) is 0 Å². The summed E-state index contributed by atoms with van der Waals surface area (Å²) in [6.07, 6.45) is 0.243. The Kier molecular flexibility index (Phi) is 8.71. The molecule has 168 valence electrons. The second-order valence-corrected chi connectivity index (χ2v) is 7.92. The first-order chi connectivity index (χ1) is 16.0. The lowest BCUT2D eigenvalue weighted by Crippen LogP contribution is -2.48. The Bertz CT molecular complexity index is 1130. The average Bonchev–Trinajstić information content (AvgIpc) is 2.83. The number of halogens is 2. The zero-order valence-corrected chi connectivity index (χ0v) is 19.1. The van der Waals surface area contributed by atoms with Crippen molar-refractivity contribution < 1.29 is 14.3 Å². The van der Waals surface area contributed by atoms with Crippen LogP contribution in [0.5, 0.6) is 5.75 Å². The zero-order chi connectivity index (χ0) is 23.6. The maximum absolute atomic E-state index is 12.6. The molecule has 0 unspecified atom stereocenters. The highest BCUT2D eigenvalue weighted by atomic mass is 35.5. The third-order valence-electron chi connectivity index (χ3n) is 4.81. The van der Waals surface area contributed by atoms with Crippen molar-refractivity contribution in [2.75, 3.05) is 6.54 Å². The van der Waals surface area contributed by atoms with Crippen LogP contribution in [0.2, 0.25) is 10.0 Å². The number of benzene rings is 3. The van der Waals surface area contributed by atoms with Gasteiger partial charge in [0.1, 0.15) is 24.9 Å². The van der Waals surface area contributed by atoms with Crippen LogP contribution in [0.1, 0.15) is 21.5 Å². The van der Waals surface area contributed by atoms with Crippen molar-refractivity contribution in [2.45, 2.75) is 19.1 Å². The monoisotopic (exact) mass is 481 g/mol. The summed E-state index contributed by atoms with van der Waals surface area (Å²) in [6.45, 7) is 0.0676. The number of ether oxygens (including phenoxy) is 1. The number of nitriles is 1. The van der Waals surface area contributed by atoms with Gasteiger partial charge in [-0.1, -0.05) is 59.6 Å². The van der Waals surface area contributed by atoms with Crippen LogP contribution in [0.4, 0.5) is 0 Å². The summed E-state index contributed by atoms with van der Waals surface area (Å²) in [7, 11) is 0. The molecular formula is C25H21Cl2N3O3. The van der Waals surface area contributed by atoms with E-state index >= 15 is 0 Å². The number of hydrogen-bond donors (Lipinski definition) is 2. The largest absolute Gasteiger partial charge is 0.489 e. The molecule has 2 amide bonds. The molecule has 1 atom stereocenters. The van der Waals surface area contributed by atoms with Crippen LogP contribution in [0.25, 0.3) is 0 Å². The number of rotatable bonds is 9. The van der Waals surface area contributed by atoms with Crippen molar-refractivity contribution in [2.24, 2.45) is 0 Å². The quantitative estimate of drug-likeness (QED) is 0.438. The van der Waals surface area contributed by atoms with Gasteiger partial charge in [0.2, 0.25) is 5.91 Å². The summed E-state index contributed by atoms with van der Waals surface area (Å²) in [5, 5.41) is 15.1. The Morgan fingerprint density at radius 1 is 0.939 bits per heavy atom. The molecule has 0 radical (unpaired) electrons. The van der Waals surface area contributed by atoms with Crippen molar-refractivity contribution in [3.05, 3.63) is 99.5 Å². The van der Waals surface area contributed by atoms with Crippen LogP contribution in [-0.2, 0) is 17.8 Å². The van der Waals surface area contributed by atoms with E-state index < -0.39 is 11.9 Å². The fraction of sp³-hybridized carbons (Fsp3) is 0.160. The molecule has 0 aliphatic heterocycles. The van der Waals surface area contributed by atoms with E-state index in [1.165, 1.54) is 0 Å². The summed E-state index contributed by atoms with van der Waals surface area (Å²) in [5.41, 5.74) is 1.95. The maximum atomic E-state index is 12.6. The van der Waals surface area contributed by atoms with Crippen molar-refractivity contribution in [3.63, 3.8) is 0 Å². The number of carbonyl (C=O) groups excluding carboxylic acids is 2. The lowest BCUT2D eigenvalue weighted by molar-refractivity contribution is -0.122. The third kappa shape index (κ3) is 6.98. The second kappa shape index (κ2) is 11.9. The molecule has 6 nitrogen and oxygen atoms in total. The van der Waals surface area contributed by atoms with Crippen LogP contribution in [-0.4, -0.2) is 24.4 Å². The second-order valence-electron chi connectivity index (χ2n) is 7.10. The number of carbonyl (C=O) groups is 2. The summed E-state index contributed by atoms with van der Waals surface area (Å²) in [5.74, 6) is -0.202. The van der Waals surface area contributed by atoms with Crippen LogP contribution in [0.3, 0.4) is 0 Å². The van der Waals surface area contributed by atoms with Crippen LogP contribution in [0, 0.1) is 11.3 Å². The van der Waals surface area contributed by atoms with Gasteiger partial charge in [0, 0.05) is 27.6 Å². The summed E-state index contributed by atoms with van der Waals surface area (Å²) >= 11 is 12.3. The first-order valence-corrected chi connectivity index (χ1v) is 10.9. The molecule has 0 heterocycles. The van der Waals surface area contributed by atoms with E-state index in [1.54, 1.807) is 60.7 Å². The van der Waals surface area contributed by atoms with Crippen LogP contribution >= 0.6 is 23.2 Å². The molecule has 0 spiro atoms. The first-order valence-electron chi connectivity index (χ1n) is 10.1. The Balaban J connectivity index is 1.67. The standard InChI is InChI=1S/C25H21Cl2N3O3/c26-21-7-4-8-22(27)20(21)16-33-19-11-9-17(10-12-19)15-23(25(32)29-14-13-28)30-24(31)18-5-2-1-3-6-18/h1-12,23H,14-16H2,(H,29,32)(H,30,31)/t23-/m0/s1. The predicted octanol–water partition coefficient (Wildman–Crippen LogP) is 4.55. The van der Waals surface area contributed by atoms with Crippen molar-refractivity contribution >= 4 is 35.0 Å². The van der Waals surface area contributed by atoms with E-state index in [1.807, 2.05) is 18.2 Å². The third-order valence-corrected chi connectivity index (χ3v) is 5.52. The van der Waals surface area contributed by atoms with Gasteiger partial charge >= 0.3 is 0 Å². The van der Waals surface area contributed by atoms with Crippen LogP contribution in [0.15, 0.2) is 72.8 Å². The fourth-order valence-corrected chi connectivity index (χ4v) is 3.58. The van der Waals surface area contributed by atoms with Gasteiger partial charge in [0.15, 0.2) is 0 Å². The molecule has 0 bridgehead atoms. The average molecular weight is 482 g/mol. The number of hydrogen-bond acceptors (Lipinski definition) is 4. The van der Waals surface area contributed by atoms with Crippen LogP contribution < -0.4 is 15.4 Å². The SMILES string of the molecule is N#CCNC(=O)[C@H](Cc1ccc(OCc2c(Cl)cccc2Cl)cc1)NC(=O)c1ccccc1. The van der Waals surface area contributed by atoms with E-state index in [2.05, 4.69) is 10.6 Å². The number of nitrogens with zero attached hydrogens (tertiary/aromatic N) is 1. The highest BCUT2D eigenvalue weighted by Gasteiger charge is 2.21. The topological polar surface area (TPSA) is 91.2 Å². The van der Waals surface area contributed by atoms with Gasteiger partial charge in [-0.25, -0.2) is 0 Å². The molecule has 0 aliphatic rings. The van der Waals surface area contributed by atoms with E-state index in [-0.39, 0.29) is 25.5 Å². The summed E-state index contributed by atoms with van der Waals surface area (Å²) < 4.78 is 5.78. The minimum atomic E-state index is -0.847. The lowest BCUT2D eigenvalue weighted by Gasteiger charge is -2.18. The molecule has 8 heteroatoms. The molecule has 0 saturated carbocycles. The van der Waals surface area contributed by atoms with Gasteiger partial charge in [-0.3, -0.25) is 9.59 Å². The van der Waals surface area contributed by atoms with Crippen molar-refractivity contribution in [1.29, 1.82) is 5.26 Å². The minimum Gasteiger partial charge on any atom is -0.489 e. The minimum absolute atomic E-state index is 0.145. The Labute approximate surface area is 202 Å². The van der Waals surface area contributed by atoms with Gasteiger partial charge in [-0.05, 0) is 42.0 Å². The van der Waals surface area contributed by atoms with Gasteiger partial charge < -0.3 is 15.4 Å². The fourth-order valence-electron chi connectivity index (χ4n) is 3.07. The van der Waals surface area contributed by atoms with Crippen molar-refractivity contribution in [3.8, 4) is 11.8 Å². The highest BCUT2D eigenvalue weighted by molar-refractivity contribution is 6.35. The van der Waals surface area contributed by atoms with Gasteiger partial charge in [0.25, 0.3) is 5.91 Å². The van der Waals surface area contributed by atoms with E-state index in [0.717, 1.165) is 5.56 Å². The Hall–Kier alpha value is -3.53. The van der Waals surface area contributed by atoms with Gasteiger partial charge in [-0.2, -0.15) is 5.26 Å². The van der Waals surface area contributed by atoms with E-state index in [0.29, 0.717) is 26.9 Å². The summed E-state index contributed by atoms with van der Waals surface area (Å²) in [6, 6.07) is 22.0. The van der Waals surface area contributed by atoms with Gasteiger partial charge in [0.05, 0.1) is 6.07 Å². The normalized spacial score (nSPS) is 11.2. The molecule has 2 N–H and O–H groups in total. The summed E-state index contributed by atoms with van der Waals surface area (Å²) in [4.78, 5) is 25.1. The maximum Gasteiger partial charge on any atom is 0.251 e. The molecule has 3 rings (SSSR count). The van der Waals surface area contributed by atoms with E-state index in [9.17, 15) is 9.59 Å².